The average Bonchev–Trinajstić information content (AvgIpc) is 2.14. The van der Waals surface area contributed by atoms with E-state index >= 15 is 0 Å². The van der Waals surface area contributed by atoms with Crippen LogP contribution in [-0.2, 0) is 0 Å². The molecule has 0 radical (unpaired) electrons. The Morgan fingerprint density at radius 2 is 1.05 bits per heavy atom. The van der Waals surface area contributed by atoms with Gasteiger partial charge in [0.05, 0.1) is 0 Å². The van der Waals surface area contributed by atoms with Crippen molar-refractivity contribution in [3.8, 4) is 0 Å². The molecule has 0 amide bonds. The SMILES string of the molecule is CC(F)C(F)(F)C(F)(F)C(F)(F)C(F)(F)[Si](C)(C)C. The van der Waals surface area contributed by atoms with E-state index in [-0.39, 0.29) is 6.92 Å². The second kappa shape index (κ2) is 4.56. The van der Waals surface area contributed by atoms with Crippen molar-refractivity contribution in [2.24, 2.45) is 0 Å². The molecule has 0 spiro atoms. The van der Waals surface area contributed by atoms with Gasteiger partial charge in [-0.1, -0.05) is 19.6 Å². The zero-order valence-electron chi connectivity index (χ0n) is 10.5. The molecule has 0 aliphatic carbocycles. The predicted octanol–water partition coefficient (Wildman–Crippen LogP) is 4.76. The third kappa shape index (κ3) is 2.47. The third-order valence-corrected chi connectivity index (χ3v) is 4.85. The zero-order chi connectivity index (χ0) is 16.1. The lowest BCUT2D eigenvalue weighted by atomic mass is 10.0. The second-order valence-electron chi connectivity index (χ2n) is 5.21. The Hall–Kier alpha value is -0.413. The van der Waals surface area contributed by atoms with Gasteiger partial charge in [-0.05, 0) is 6.92 Å². The van der Waals surface area contributed by atoms with Crippen LogP contribution in [0.15, 0.2) is 0 Å². The molecule has 0 aromatic rings. The molecule has 0 nitrogen and oxygen atoms in total. The van der Waals surface area contributed by atoms with Crippen molar-refractivity contribution < 1.29 is 39.5 Å². The van der Waals surface area contributed by atoms with Crippen molar-refractivity contribution in [3.63, 3.8) is 0 Å². The smallest absolute Gasteiger partial charge is 0.241 e. The monoisotopic (exact) mass is 320 g/mol. The van der Waals surface area contributed by atoms with Crippen molar-refractivity contribution in [2.75, 3.05) is 0 Å². The minimum Gasteiger partial charge on any atom is -0.241 e. The van der Waals surface area contributed by atoms with Crippen molar-refractivity contribution in [1.82, 2.24) is 0 Å². The van der Waals surface area contributed by atoms with E-state index in [9.17, 15) is 39.5 Å². The topological polar surface area (TPSA) is 0 Å². The lowest BCUT2D eigenvalue weighted by molar-refractivity contribution is -0.359. The number of halogens is 9. The first-order valence-electron chi connectivity index (χ1n) is 5.10. The van der Waals surface area contributed by atoms with Gasteiger partial charge in [0, 0.05) is 0 Å². The van der Waals surface area contributed by atoms with Crippen LogP contribution in [0, 0.1) is 0 Å². The summed E-state index contributed by atoms with van der Waals surface area (Å²) in [4.78, 5) is 0. The first-order valence-corrected chi connectivity index (χ1v) is 8.60. The maximum absolute atomic E-state index is 13.4. The van der Waals surface area contributed by atoms with Gasteiger partial charge in [0.2, 0.25) is 0 Å². The molecule has 1 unspecified atom stereocenters. The number of hydrogen-bond donors (Lipinski definition) is 0. The van der Waals surface area contributed by atoms with E-state index in [0.29, 0.717) is 19.6 Å². The largest absolute Gasteiger partial charge is 0.380 e. The van der Waals surface area contributed by atoms with Crippen LogP contribution in [0.5, 0.6) is 0 Å². The molecule has 0 saturated carbocycles. The van der Waals surface area contributed by atoms with Crippen LogP contribution in [0.1, 0.15) is 6.92 Å². The molecular weight excluding hydrogens is 307 g/mol. The Morgan fingerprint density at radius 3 is 1.26 bits per heavy atom. The van der Waals surface area contributed by atoms with Crippen LogP contribution in [-0.4, -0.2) is 37.6 Å². The van der Waals surface area contributed by atoms with E-state index in [1.54, 1.807) is 0 Å². The van der Waals surface area contributed by atoms with Gasteiger partial charge >= 0.3 is 17.8 Å². The summed E-state index contributed by atoms with van der Waals surface area (Å²) in [5.74, 6) is -18.8. The Labute approximate surface area is 105 Å². The normalized spacial score (nSPS) is 17.5. The summed E-state index contributed by atoms with van der Waals surface area (Å²) >= 11 is 0. The fourth-order valence-electron chi connectivity index (χ4n) is 1.13. The summed E-state index contributed by atoms with van der Waals surface area (Å²) in [6, 6.07) is 0. The van der Waals surface area contributed by atoms with Crippen molar-refractivity contribution in [2.45, 2.75) is 56.0 Å². The third-order valence-electron chi connectivity index (χ3n) is 2.65. The first kappa shape index (κ1) is 18.6. The van der Waals surface area contributed by atoms with Gasteiger partial charge < -0.3 is 0 Å². The zero-order valence-corrected chi connectivity index (χ0v) is 11.5. The van der Waals surface area contributed by atoms with Crippen LogP contribution in [0.25, 0.3) is 0 Å². The maximum Gasteiger partial charge on any atom is 0.380 e. The molecule has 116 valence electrons. The summed E-state index contributed by atoms with van der Waals surface area (Å²) in [5, 5.41) is 0. The minimum atomic E-state index is -6.50. The van der Waals surface area contributed by atoms with Gasteiger partial charge in [0.1, 0.15) is 8.07 Å². The highest BCUT2D eigenvalue weighted by molar-refractivity contribution is 6.78. The molecule has 1 atom stereocenters. The van der Waals surface area contributed by atoms with E-state index in [2.05, 4.69) is 0 Å². The summed E-state index contributed by atoms with van der Waals surface area (Å²) in [5.41, 5.74) is -5.33. The molecule has 0 aliphatic rings. The lowest BCUT2D eigenvalue weighted by Crippen LogP contribution is -2.70. The standard InChI is InChI=1S/C9H13F9Si/c1-5(10)6(11,12)7(13,14)8(15,16)9(17,18)19(2,3)4/h5H,1-4H3. The molecule has 0 aromatic heterocycles. The van der Waals surface area contributed by atoms with Gasteiger partial charge in [-0.2, -0.15) is 26.3 Å². The molecule has 0 fully saturated rings. The lowest BCUT2D eigenvalue weighted by Gasteiger charge is -2.41. The number of alkyl halides is 9. The highest BCUT2D eigenvalue weighted by Crippen LogP contribution is 2.56. The average molecular weight is 320 g/mol. The minimum absolute atomic E-state index is 0.101. The van der Waals surface area contributed by atoms with Gasteiger partial charge in [-0.15, -0.1) is 0 Å². The second-order valence-corrected chi connectivity index (χ2v) is 10.3. The van der Waals surface area contributed by atoms with E-state index in [4.69, 9.17) is 0 Å². The van der Waals surface area contributed by atoms with Gasteiger partial charge in [0.15, 0.2) is 6.17 Å². The molecule has 0 aliphatic heterocycles. The van der Waals surface area contributed by atoms with Crippen molar-refractivity contribution in [1.29, 1.82) is 0 Å². The van der Waals surface area contributed by atoms with Crippen LogP contribution >= 0.6 is 0 Å². The van der Waals surface area contributed by atoms with Crippen LogP contribution < -0.4 is 0 Å². The quantitative estimate of drug-likeness (QED) is 0.506. The molecule has 19 heavy (non-hydrogen) atoms. The molecule has 0 aromatic carbocycles. The fraction of sp³-hybridized carbons (Fsp3) is 1.00. The Kier molecular flexibility index (Phi) is 4.46. The van der Waals surface area contributed by atoms with E-state index < -0.39 is 37.6 Å². The Morgan fingerprint density at radius 1 is 0.737 bits per heavy atom. The fourth-order valence-corrected chi connectivity index (χ4v) is 2.23. The van der Waals surface area contributed by atoms with E-state index in [1.807, 2.05) is 0 Å². The van der Waals surface area contributed by atoms with Gasteiger partial charge in [0.25, 0.3) is 5.55 Å². The molecule has 0 bridgehead atoms. The van der Waals surface area contributed by atoms with E-state index in [1.165, 1.54) is 0 Å². The van der Waals surface area contributed by atoms with Gasteiger partial charge in [-0.3, -0.25) is 0 Å². The predicted molar refractivity (Wildman–Crippen MR) is 53.7 cm³/mol. The van der Waals surface area contributed by atoms with Crippen LogP contribution in [0.4, 0.5) is 39.5 Å². The van der Waals surface area contributed by atoms with Gasteiger partial charge in [-0.25, -0.2) is 13.2 Å². The molecule has 0 saturated heterocycles. The van der Waals surface area contributed by atoms with Crippen molar-refractivity contribution >= 4 is 8.07 Å². The Balaban J connectivity index is 5.92. The molecular formula is C9H13F9Si. The van der Waals surface area contributed by atoms with Crippen LogP contribution in [0.3, 0.4) is 0 Å². The van der Waals surface area contributed by atoms with Crippen molar-refractivity contribution in [3.05, 3.63) is 0 Å². The summed E-state index contributed by atoms with van der Waals surface area (Å²) in [7, 11) is -4.26. The van der Waals surface area contributed by atoms with Crippen LogP contribution in [0.2, 0.25) is 19.6 Å². The molecule has 0 N–H and O–H groups in total. The number of rotatable bonds is 5. The summed E-state index contributed by atoms with van der Waals surface area (Å²) in [6.45, 7) is 1.76. The van der Waals surface area contributed by atoms with E-state index in [0.717, 1.165) is 0 Å². The first-order chi connectivity index (χ1) is 7.94. The summed E-state index contributed by atoms with van der Waals surface area (Å²) in [6.07, 6.45) is -3.70. The molecule has 0 heterocycles. The molecule has 0 rings (SSSR count). The molecule has 10 heteroatoms. The highest BCUT2D eigenvalue weighted by Gasteiger charge is 2.83. The highest BCUT2D eigenvalue weighted by atomic mass is 28.3. The summed E-state index contributed by atoms with van der Waals surface area (Å²) < 4.78 is 117. The maximum atomic E-state index is 13.4. The Bertz CT molecular complexity index is 329. The number of hydrogen-bond acceptors (Lipinski definition) is 0.